The minimum absolute atomic E-state index is 0.283. The predicted octanol–water partition coefficient (Wildman–Crippen LogP) is 3.61. The Morgan fingerprint density at radius 1 is 1.15 bits per heavy atom. The van der Waals surface area contributed by atoms with Crippen molar-refractivity contribution < 1.29 is 13.2 Å². The standard InChI is InChI=1S/C20H21N3O3S/c1-26-16-8-5-7-15(13-16)18-14-21-20(22-18)19-11-6-12-23(19)27(24,25)17-9-3-2-4-10-17/h2-5,7-10,13-14,19H,6,11-12H2,1H3,(H,21,22)/t19-/m1/s1. The fraction of sp³-hybridized carbons (Fsp3) is 0.250. The summed E-state index contributed by atoms with van der Waals surface area (Å²) in [6, 6.07) is 16.0. The van der Waals surface area contributed by atoms with Crippen molar-refractivity contribution in [2.24, 2.45) is 0 Å². The van der Waals surface area contributed by atoms with Gasteiger partial charge in [0.2, 0.25) is 10.0 Å². The molecule has 0 saturated carbocycles. The number of imidazole rings is 1. The number of hydrogen-bond donors (Lipinski definition) is 1. The number of ether oxygens (including phenoxy) is 1. The third kappa shape index (κ3) is 3.36. The summed E-state index contributed by atoms with van der Waals surface area (Å²) in [5, 5.41) is 0. The van der Waals surface area contributed by atoms with Gasteiger partial charge in [-0.15, -0.1) is 0 Å². The quantitative estimate of drug-likeness (QED) is 0.730. The highest BCUT2D eigenvalue weighted by Crippen LogP contribution is 2.36. The summed E-state index contributed by atoms with van der Waals surface area (Å²) < 4.78 is 32.9. The molecule has 0 bridgehead atoms. The second-order valence-electron chi connectivity index (χ2n) is 6.50. The molecule has 0 spiro atoms. The normalized spacial score (nSPS) is 17.9. The zero-order valence-corrected chi connectivity index (χ0v) is 15.8. The number of sulfonamides is 1. The van der Waals surface area contributed by atoms with Crippen LogP contribution in [-0.2, 0) is 10.0 Å². The van der Waals surface area contributed by atoms with Crippen LogP contribution in [0.5, 0.6) is 5.75 Å². The van der Waals surface area contributed by atoms with E-state index < -0.39 is 10.0 Å². The molecule has 1 aliphatic rings. The molecule has 1 saturated heterocycles. The Bertz CT molecular complexity index is 1030. The van der Waals surface area contributed by atoms with Gasteiger partial charge in [-0.1, -0.05) is 30.3 Å². The Balaban J connectivity index is 1.64. The lowest BCUT2D eigenvalue weighted by Crippen LogP contribution is -2.31. The number of rotatable bonds is 5. The van der Waals surface area contributed by atoms with E-state index in [4.69, 9.17) is 4.74 Å². The Kier molecular flexibility index (Phi) is 4.72. The van der Waals surface area contributed by atoms with Crippen LogP contribution in [0.4, 0.5) is 0 Å². The van der Waals surface area contributed by atoms with Crippen LogP contribution in [0.3, 0.4) is 0 Å². The van der Waals surface area contributed by atoms with Gasteiger partial charge in [-0.3, -0.25) is 0 Å². The van der Waals surface area contributed by atoms with Gasteiger partial charge in [0.05, 0.1) is 29.9 Å². The Morgan fingerprint density at radius 3 is 2.74 bits per heavy atom. The molecule has 1 N–H and O–H groups in total. The van der Waals surface area contributed by atoms with Crippen molar-refractivity contribution in [1.29, 1.82) is 0 Å². The van der Waals surface area contributed by atoms with E-state index in [2.05, 4.69) is 9.97 Å². The van der Waals surface area contributed by atoms with Crippen LogP contribution < -0.4 is 4.74 Å². The summed E-state index contributed by atoms with van der Waals surface area (Å²) in [5.74, 6) is 1.43. The van der Waals surface area contributed by atoms with E-state index in [0.717, 1.165) is 29.8 Å². The molecule has 4 rings (SSSR count). The highest BCUT2D eigenvalue weighted by molar-refractivity contribution is 7.89. The fourth-order valence-electron chi connectivity index (χ4n) is 3.47. The molecule has 140 valence electrons. The highest BCUT2D eigenvalue weighted by Gasteiger charge is 2.37. The molecule has 1 aromatic heterocycles. The average Bonchev–Trinajstić information content (AvgIpc) is 3.38. The van der Waals surface area contributed by atoms with E-state index >= 15 is 0 Å². The van der Waals surface area contributed by atoms with Crippen molar-refractivity contribution in [2.75, 3.05) is 13.7 Å². The molecule has 7 heteroatoms. The first-order valence-electron chi connectivity index (χ1n) is 8.86. The minimum atomic E-state index is -3.55. The van der Waals surface area contributed by atoms with Crippen LogP contribution in [0.2, 0.25) is 0 Å². The van der Waals surface area contributed by atoms with Crippen LogP contribution in [0.1, 0.15) is 24.7 Å². The summed E-state index contributed by atoms with van der Waals surface area (Å²) in [6.07, 6.45) is 3.30. The molecule has 1 aliphatic heterocycles. The number of nitrogens with zero attached hydrogens (tertiary/aromatic N) is 2. The Hall–Kier alpha value is -2.64. The van der Waals surface area contributed by atoms with Crippen LogP contribution in [0.15, 0.2) is 65.7 Å². The molecular weight excluding hydrogens is 362 g/mol. The Morgan fingerprint density at radius 2 is 1.96 bits per heavy atom. The first-order valence-corrected chi connectivity index (χ1v) is 10.3. The van der Waals surface area contributed by atoms with Gasteiger partial charge in [-0.25, -0.2) is 13.4 Å². The van der Waals surface area contributed by atoms with Crippen molar-refractivity contribution in [3.05, 3.63) is 66.6 Å². The van der Waals surface area contributed by atoms with Gasteiger partial charge in [0, 0.05) is 12.1 Å². The van der Waals surface area contributed by atoms with Gasteiger partial charge < -0.3 is 9.72 Å². The lowest BCUT2D eigenvalue weighted by molar-refractivity contribution is 0.385. The molecule has 1 fully saturated rings. The van der Waals surface area contributed by atoms with Gasteiger partial charge in [0.15, 0.2) is 0 Å². The first kappa shape index (κ1) is 17.8. The summed E-state index contributed by atoms with van der Waals surface area (Å²) >= 11 is 0. The van der Waals surface area contributed by atoms with Crippen LogP contribution in [-0.4, -0.2) is 36.3 Å². The largest absolute Gasteiger partial charge is 0.497 e. The third-order valence-electron chi connectivity index (χ3n) is 4.85. The van der Waals surface area contributed by atoms with E-state index in [1.54, 1.807) is 41.9 Å². The van der Waals surface area contributed by atoms with E-state index in [-0.39, 0.29) is 6.04 Å². The smallest absolute Gasteiger partial charge is 0.243 e. The molecule has 0 amide bonds. The number of methoxy groups -OCH3 is 1. The third-order valence-corrected chi connectivity index (χ3v) is 6.77. The van der Waals surface area contributed by atoms with Crippen molar-refractivity contribution in [3.8, 4) is 17.0 Å². The topological polar surface area (TPSA) is 75.3 Å². The summed E-state index contributed by atoms with van der Waals surface area (Å²) in [4.78, 5) is 8.10. The minimum Gasteiger partial charge on any atom is -0.497 e. The summed E-state index contributed by atoms with van der Waals surface area (Å²) in [5.41, 5.74) is 1.79. The van der Waals surface area contributed by atoms with Crippen LogP contribution in [0, 0.1) is 0 Å². The summed E-state index contributed by atoms with van der Waals surface area (Å²) in [6.45, 7) is 0.497. The van der Waals surface area contributed by atoms with Crippen LogP contribution in [0.25, 0.3) is 11.3 Å². The maximum Gasteiger partial charge on any atom is 0.243 e. The van der Waals surface area contributed by atoms with E-state index in [9.17, 15) is 8.42 Å². The predicted molar refractivity (Wildman–Crippen MR) is 103 cm³/mol. The van der Waals surface area contributed by atoms with Gasteiger partial charge >= 0.3 is 0 Å². The number of aromatic amines is 1. The molecular formula is C20H21N3O3S. The molecule has 0 unspecified atom stereocenters. The molecule has 0 radical (unpaired) electrons. The van der Waals surface area contributed by atoms with Gasteiger partial charge in [-0.05, 0) is 37.1 Å². The van der Waals surface area contributed by atoms with E-state index in [0.29, 0.717) is 17.3 Å². The lowest BCUT2D eigenvalue weighted by Gasteiger charge is -2.22. The zero-order chi connectivity index (χ0) is 18.9. The Labute approximate surface area is 158 Å². The SMILES string of the molecule is COc1cccc(-c2cnc([C@H]3CCCN3S(=O)(=O)c3ccccc3)[nH]2)c1. The van der Waals surface area contributed by atoms with Gasteiger partial charge in [0.25, 0.3) is 0 Å². The van der Waals surface area contributed by atoms with Crippen molar-refractivity contribution in [3.63, 3.8) is 0 Å². The molecule has 1 atom stereocenters. The highest BCUT2D eigenvalue weighted by atomic mass is 32.2. The van der Waals surface area contributed by atoms with Crippen molar-refractivity contribution in [1.82, 2.24) is 14.3 Å². The maximum atomic E-state index is 13.0. The number of hydrogen-bond acceptors (Lipinski definition) is 4. The van der Waals surface area contributed by atoms with E-state index in [1.165, 1.54) is 0 Å². The number of H-pyrrole nitrogens is 1. The maximum absolute atomic E-state index is 13.0. The first-order chi connectivity index (χ1) is 13.1. The molecule has 2 heterocycles. The molecule has 27 heavy (non-hydrogen) atoms. The second-order valence-corrected chi connectivity index (χ2v) is 8.39. The molecule has 6 nitrogen and oxygen atoms in total. The number of aromatic nitrogens is 2. The van der Waals surface area contributed by atoms with E-state index in [1.807, 2.05) is 30.3 Å². The van der Waals surface area contributed by atoms with Gasteiger partial charge in [0.1, 0.15) is 11.6 Å². The molecule has 2 aromatic carbocycles. The molecule has 0 aliphatic carbocycles. The van der Waals surface area contributed by atoms with Crippen molar-refractivity contribution in [2.45, 2.75) is 23.8 Å². The second kappa shape index (κ2) is 7.17. The number of benzene rings is 2. The molecule has 3 aromatic rings. The average molecular weight is 383 g/mol. The van der Waals surface area contributed by atoms with Crippen molar-refractivity contribution >= 4 is 10.0 Å². The lowest BCUT2D eigenvalue weighted by atomic mass is 10.1. The zero-order valence-electron chi connectivity index (χ0n) is 15.0. The summed E-state index contributed by atoms with van der Waals surface area (Å²) in [7, 11) is -1.92. The fourth-order valence-corrected chi connectivity index (χ4v) is 5.15. The monoisotopic (exact) mass is 383 g/mol. The van der Waals surface area contributed by atoms with Crippen LogP contribution >= 0.6 is 0 Å². The number of nitrogens with one attached hydrogen (secondary N) is 1. The van der Waals surface area contributed by atoms with Gasteiger partial charge in [-0.2, -0.15) is 4.31 Å².